The zero-order chi connectivity index (χ0) is 21.7. The SMILES string of the molecule is CN1C[C@@H]2CCN(c3ccc(NC(=O)c4csc(-c5ccc6c(c5)CCO6)n4)cc3)[C@@H]2C1. The molecule has 1 aromatic heterocycles. The first-order valence-electron chi connectivity index (χ1n) is 11.2. The van der Waals surface area contributed by atoms with Crippen LogP contribution in [0.25, 0.3) is 10.6 Å². The Bertz CT molecular complexity index is 1160. The Morgan fingerprint density at radius 2 is 2.06 bits per heavy atom. The van der Waals surface area contributed by atoms with Crippen molar-refractivity contribution in [3.05, 3.63) is 59.1 Å². The van der Waals surface area contributed by atoms with Crippen molar-refractivity contribution in [1.29, 1.82) is 0 Å². The maximum Gasteiger partial charge on any atom is 0.275 e. The van der Waals surface area contributed by atoms with E-state index in [1.807, 2.05) is 29.6 Å². The Morgan fingerprint density at radius 1 is 1.19 bits per heavy atom. The first-order valence-corrected chi connectivity index (χ1v) is 12.1. The molecule has 3 aliphatic rings. The largest absolute Gasteiger partial charge is 0.493 e. The number of anilines is 2. The number of nitrogens with one attached hydrogen (secondary N) is 1. The topological polar surface area (TPSA) is 57.7 Å². The summed E-state index contributed by atoms with van der Waals surface area (Å²) in [7, 11) is 2.21. The van der Waals surface area contributed by atoms with E-state index >= 15 is 0 Å². The maximum absolute atomic E-state index is 12.8. The van der Waals surface area contributed by atoms with Crippen LogP contribution in [0.4, 0.5) is 11.4 Å². The number of benzene rings is 2. The molecule has 0 unspecified atom stereocenters. The summed E-state index contributed by atoms with van der Waals surface area (Å²) in [5.41, 5.74) is 4.72. The van der Waals surface area contributed by atoms with Gasteiger partial charge in [0.25, 0.3) is 5.91 Å². The lowest BCUT2D eigenvalue weighted by Crippen LogP contribution is -2.34. The van der Waals surface area contributed by atoms with Crippen LogP contribution in [0.1, 0.15) is 22.5 Å². The molecule has 1 amide bonds. The van der Waals surface area contributed by atoms with Crippen LogP contribution in [0, 0.1) is 5.92 Å². The third kappa shape index (κ3) is 3.55. The van der Waals surface area contributed by atoms with Gasteiger partial charge in [-0.2, -0.15) is 0 Å². The molecule has 3 aromatic rings. The highest BCUT2D eigenvalue weighted by Crippen LogP contribution is 2.35. The Hall–Kier alpha value is -2.90. The number of likely N-dealkylation sites (tertiary alicyclic amines) is 1. The Labute approximate surface area is 191 Å². The summed E-state index contributed by atoms with van der Waals surface area (Å²) in [5, 5.41) is 5.67. The smallest absolute Gasteiger partial charge is 0.275 e. The molecule has 6 nitrogen and oxygen atoms in total. The second-order valence-corrected chi connectivity index (χ2v) is 9.85. The van der Waals surface area contributed by atoms with Crippen LogP contribution in [0.5, 0.6) is 5.75 Å². The first kappa shape index (κ1) is 19.8. The molecule has 32 heavy (non-hydrogen) atoms. The summed E-state index contributed by atoms with van der Waals surface area (Å²) in [6.45, 7) is 4.18. The Morgan fingerprint density at radius 3 is 2.94 bits per heavy atom. The average molecular weight is 447 g/mol. The molecule has 2 atom stereocenters. The summed E-state index contributed by atoms with van der Waals surface area (Å²) in [6, 6.07) is 15.0. The van der Waals surface area contributed by atoms with Gasteiger partial charge in [-0.25, -0.2) is 4.98 Å². The number of hydrogen-bond donors (Lipinski definition) is 1. The van der Waals surface area contributed by atoms with Gasteiger partial charge >= 0.3 is 0 Å². The highest BCUT2D eigenvalue weighted by atomic mass is 32.1. The monoisotopic (exact) mass is 446 g/mol. The number of carbonyl (C=O) groups excluding carboxylic acids is 1. The number of carbonyl (C=O) groups is 1. The predicted octanol–water partition coefficient (Wildman–Crippen LogP) is 4.14. The number of rotatable bonds is 4. The van der Waals surface area contributed by atoms with Crippen LogP contribution >= 0.6 is 11.3 Å². The van der Waals surface area contributed by atoms with Crippen LogP contribution in [0.2, 0.25) is 0 Å². The van der Waals surface area contributed by atoms with E-state index in [0.717, 1.165) is 54.0 Å². The molecular weight excluding hydrogens is 420 g/mol. The van der Waals surface area contributed by atoms with Gasteiger partial charge in [-0.3, -0.25) is 4.79 Å². The standard InChI is InChI=1S/C25H26N4O2S/c1-28-13-18-8-10-29(22(18)14-28)20-5-3-19(4-6-20)26-24(30)21-15-32-25(27-21)17-2-7-23-16(12-17)9-11-31-23/h2-7,12,15,18,22H,8-11,13-14H2,1H3,(H,26,30)/t18-,22+/m0/s1. The second kappa shape index (κ2) is 7.90. The predicted molar refractivity (Wildman–Crippen MR) is 128 cm³/mol. The average Bonchev–Trinajstić information content (AvgIpc) is 3.57. The highest BCUT2D eigenvalue weighted by Gasteiger charge is 2.39. The molecule has 164 valence electrons. The van der Waals surface area contributed by atoms with E-state index < -0.39 is 0 Å². The molecule has 2 aromatic carbocycles. The van der Waals surface area contributed by atoms with Crippen molar-refractivity contribution in [2.24, 2.45) is 5.92 Å². The van der Waals surface area contributed by atoms with Gasteiger partial charge < -0.3 is 19.9 Å². The molecule has 0 saturated carbocycles. The third-order valence-corrected chi connectivity index (χ3v) is 7.75. The van der Waals surface area contributed by atoms with E-state index in [2.05, 4.69) is 45.3 Å². The maximum atomic E-state index is 12.8. The van der Waals surface area contributed by atoms with E-state index in [9.17, 15) is 4.79 Å². The van der Waals surface area contributed by atoms with Gasteiger partial charge in [-0.15, -0.1) is 11.3 Å². The summed E-state index contributed by atoms with van der Waals surface area (Å²) in [4.78, 5) is 22.3. The molecule has 0 aliphatic carbocycles. The van der Waals surface area contributed by atoms with Crippen molar-refractivity contribution >= 4 is 28.6 Å². The minimum atomic E-state index is -0.177. The summed E-state index contributed by atoms with van der Waals surface area (Å²) < 4.78 is 5.58. The molecule has 1 N–H and O–H groups in total. The van der Waals surface area contributed by atoms with Crippen molar-refractivity contribution < 1.29 is 9.53 Å². The van der Waals surface area contributed by atoms with Crippen molar-refractivity contribution in [2.75, 3.05) is 43.5 Å². The Balaban J connectivity index is 1.13. The second-order valence-electron chi connectivity index (χ2n) is 8.99. The molecule has 2 saturated heterocycles. The first-order chi connectivity index (χ1) is 15.6. The summed E-state index contributed by atoms with van der Waals surface area (Å²) in [6.07, 6.45) is 2.18. The van der Waals surface area contributed by atoms with Crippen LogP contribution in [-0.4, -0.2) is 55.1 Å². The number of likely N-dealkylation sites (N-methyl/N-ethyl adjacent to an activating group) is 1. The van der Waals surface area contributed by atoms with E-state index in [1.54, 1.807) is 0 Å². The molecule has 4 heterocycles. The van der Waals surface area contributed by atoms with Gasteiger partial charge in [-0.1, -0.05) is 0 Å². The van der Waals surface area contributed by atoms with Crippen LogP contribution in [0.3, 0.4) is 0 Å². The molecule has 0 bridgehead atoms. The number of aromatic nitrogens is 1. The van der Waals surface area contributed by atoms with E-state index in [1.165, 1.54) is 35.6 Å². The highest BCUT2D eigenvalue weighted by molar-refractivity contribution is 7.13. The molecule has 2 fully saturated rings. The fourth-order valence-corrected chi connectivity index (χ4v) is 6.05. The van der Waals surface area contributed by atoms with Gasteiger partial charge in [0.05, 0.1) is 6.61 Å². The zero-order valence-electron chi connectivity index (χ0n) is 18.1. The Kier molecular flexibility index (Phi) is 4.88. The minimum absolute atomic E-state index is 0.177. The van der Waals surface area contributed by atoms with Gasteiger partial charge in [0.15, 0.2) is 0 Å². The van der Waals surface area contributed by atoms with E-state index in [4.69, 9.17) is 4.74 Å². The van der Waals surface area contributed by atoms with Gasteiger partial charge in [0.2, 0.25) is 0 Å². The van der Waals surface area contributed by atoms with Gasteiger partial charge in [-0.05, 0) is 67.4 Å². The number of amides is 1. The minimum Gasteiger partial charge on any atom is -0.493 e. The number of thiazole rings is 1. The zero-order valence-corrected chi connectivity index (χ0v) is 18.9. The molecule has 7 heteroatoms. The van der Waals surface area contributed by atoms with E-state index in [-0.39, 0.29) is 5.91 Å². The molecule has 6 rings (SSSR count). The van der Waals surface area contributed by atoms with Crippen molar-refractivity contribution in [1.82, 2.24) is 9.88 Å². The van der Waals surface area contributed by atoms with E-state index in [0.29, 0.717) is 11.7 Å². The molecule has 0 radical (unpaired) electrons. The fourth-order valence-electron chi connectivity index (χ4n) is 5.25. The van der Waals surface area contributed by atoms with Crippen LogP contribution in [0.15, 0.2) is 47.8 Å². The lowest BCUT2D eigenvalue weighted by Gasteiger charge is -2.26. The van der Waals surface area contributed by atoms with Crippen molar-refractivity contribution in [3.63, 3.8) is 0 Å². The van der Waals surface area contributed by atoms with Crippen LogP contribution < -0.4 is 15.0 Å². The number of nitrogens with zero attached hydrogens (tertiary/aromatic N) is 3. The summed E-state index contributed by atoms with van der Waals surface area (Å²) >= 11 is 1.49. The quantitative estimate of drug-likeness (QED) is 0.653. The number of fused-ring (bicyclic) bond motifs is 2. The van der Waals surface area contributed by atoms with Gasteiger partial charge in [0, 0.05) is 54.4 Å². The molecular formula is C25H26N4O2S. The lowest BCUT2D eigenvalue weighted by atomic mass is 10.0. The normalized spacial score (nSPS) is 22.0. The van der Waals surface area contributed by atoms with Crippen molar-refractivity contribution in [2.45, 2.75) is 18.9 Å². The van der Waals surface area contributed by atoms with Crippen molar-refractivity contribution in [3.8, 4) is 16.3 Å². The third-order valence-electron chi connectivity index (χ3n) is 6.86. The summed E-state index contributed by atoms with van der Waals surface area (Å²) in [5.74, 6) is 1.55. The molecule has 0 spiro atoms. The lowest BCUT2D eigenvalue weighted by molar-refractivity contribution is 0.102. The number of ether oxygens (including phenoxy) is 1. The van der Waals surface area contributed by atoms with Gasteiger partial charge in [0.1, 0.15) is 16.5 Å². The molecule has 3 aliphatic heterocycles. The fraction of sp³-hybridized carbons (Fsp3) is 0.360. The van der Waals surface area contributed by atoms with Crippen LogP contribution in [-0.2, 0) is 6.42 Å². The number of hydrogen-bond acceptors (Lipinski definition) is 6.